The molecule has 0 atom stereocenters. The Morgan fingerprint density at radius 3 is 2.10 bits per heavy atom. The fourth-order valence-electron chi connectivity index (χ4n) is 3.38. The van der Waals surface area contributed by atoms with E-state index in [0.717, 1.165) is 73.8 Å². The molecule has 3 heterocycles. The Labute approximate surface area is 190 Å². The first-order valence-electron chi connectivity index (χ1n) is 9.97. The van der Waals surface area contributed by atoms with Gasteiger partial charge in [0, 0.05) is 13.6 Å². The maximum Gasteiger partial charge on any atom is 0.214 e. The van der Waals surface area contributed by atoms with E-state index in [1.54, 1.807) is 7.05 Å². The lowest BCUT2D eigenvalue weighted by molar-refractivity contribution is 0.164. The van der Waals surface area contributed by atoms with Gasteiger partial charge >= 0.3 is 0 Å². The molecule has 1 saturated heterocycles. The third-order valence-corrected chi connectivity index (χ3v) is 5.40. The van der Waals surface area contributed by atoms with Crippen molar-refractivity contribution in [3.05, 3.63) is 34.7 Å². The summed E-state index contributed by atoms with van der Waals surface area (Å²) in [6.07, 6.45) is 2.31. The average Bonchev–Trinajstić information content (AvgIpc) is 3.17. The average molecular weight is 516 g/mol. The Morgan fingerprint density at radius 2 is 1.59 bits per heavy atom. The van der Waals surface area contributed by atoms with Gasteiger partial charge in [-0.05, 0) is 59.5 Å². The first-order chi connectivity index (χ1) is 13.4. The number of aryl methyl sites for hydroxylation is 4. The third kappa shape index (κ3) is 6.70. The standard InChI is InChI=1S/C20H32N6O2.HI/c1-13-15(3)27-18(24-13)11-23-20(21-5)22-10-17-6-8-26(9-7-17)12-19-25-14(2)16(4)28-19;/h17H,6-12H2,1-5H3,(H2,21,22,23);1H. The Kier molecular flexibility index (Phi) is 8.94. The predicted octanol–water partition coefficient (Wildman–Crippen LogP) is 3.09. The van der Waals surface area contributed by atoms with Crippen molar-refractivity contribution in [1.29, 1.82) is 0 Å². The van der Waals surface area contributed by atoms with Crippen LogP contribution in [0.15, 0.2) is 13.8 Å². The number of guanidine groups is 1. The monoisotopic (exact) mass is 516 g/mol. The van der Waals surface area contributed by atoms with Crippen LogP contribution in [0.1, 0.15) is 47.5 Å². The minimum absolute atomic E-state index is 0. The lowest BCUT2D eigenvalue weighted by Crippen LogP contribution is -2.42. The van der Waals surface area contributed by atoms with Gasteiger partial charge < -0.3 is 19.5 Å². The summed E-state index contributed by atoms with van der Waals surface area (Å²) in [5.41, 5.74) is 1.92. The fraction of sp³-hybridized carbons (Fsp3) is 0.650. The van der Waals surface area contributed by atoms with Gasteiger partial charge in [-0.25, -0.2) is 9.97 Å². The maximum absolute atomic E-state index is 5.71. The summed E-state index contributed by atoms with van der Waals surface area (Å²) in [5.74, 6) is 4.71. The fourth-order valence-corrected chi connectivity index (χ4v) is 3.38. The van der Waals surface area contributed by atoms with Crippen molar-refractivity contribution in [2.45, 2.75) is 53.6 Å². The predicted molar refractivity (Wildman–Crippen MR) is 124 cm³/mol. The van der Waals surface area contributed by atoms with E-state index in [4.69, 9.17) is 8.83 Å². The normalized spacial score (nSPS) is 16.0. The molecular weight excluding hydrogens is 483 g/mol. The molecule has 0 bridgehead atoms. The third-order valence-electron chi connectivity index (χ3n) is 5.40. The first kappa shape index (κ1) is 23.7. The van der Waals surface area contributed by atoms with E-state index in [1.807, 2.05) is 27.7 Å². The first-order valence-corrected chi connectivity index (χ1v) is 9.97. The van der Waals surface area contributed by atoms with Gasteiger partial charge in [0.15, 0.2) is 5.96 Å². The van der Waals surface area contributed by atoms with Gasteiger partial charge in [-0.1, -0.05) is 0 Å². The molecule has 0 saturated carbocycles. The van der Waals surface area contributed by atoms with Crippen LogP contribution >= 0.6 is 24.0 Å². The summed E-state index contributed by atoms with van der Waals surface area (Å²) in [6, 6.07) is 0. The molecule has 29 heavy (non-hydrogen) atoms. The zero-order valence-corrected chi connectivity index (χ0v) is 20.4. The zero-order chi connectivity index (χ0) is 20.1. The van der Waals surface area contributed by atoms with Crippen molar-refractivity contribution in [1.82, 2.24) is 25.5 Å². The number of nitrogens with one attached hydrogen (secondary N) is 2. The number of oxazole rings is 2. The molecule has 1 fully saturated rings. The van der Waals surface area contributed by atoms with Crippen molar-refractivity contribution >= 4 is 29.9 Å². The summed E-state index contributed by atoms with van der Waals surface area (Å²) < 4.78 is 11.3. The Morgan fingerprint density at radius 1 is 1.00 bits per heavy atom. The van der Waals surface area contributed by atoms with Gasteiger partial charge in [-0.3, -0.25) is 9.89 Å². The van der Waals surface area contributed by atoms with Crippen LogP contribution in [0.5, 0.6) is 0 Å². The smallest absolute Gasteiger partial charge is 0.214 e. The number of hydrogen-bond acceptors (Lipinski definition) is 6. The molecule has 2 N–H and O–H groups in total. The SMILES string of the molecule is CN=C(NCc1nc(C)c(C)o1)NCC1CCN(Cc2nc(C)c(C)o2)CC1.I. The topological polar surface area (TPSA) is 91.7 Å². The molecule has 0 spiro atoms. The van der Waals surface area contributed by atoms with Crippen LogP contribution in [0.3, 0.4) is 0 Å². The van der Waals surface area contributed by atoms with E-state index < -0.39 is 0 Å². The molecule has 3 rings (SSSR count). The summed E-state index contributed by atoms with van der Waals surface area (Å²) in [7, 11) is 1.78. The molecule has 9 heteroatoms. The molecule has 0 radical (unpaired) electrons. The molecule has 0 aromatic carbocycles. The molecule has 2 aromatic rings. The molecule has 1 aliphatic rings. The lowest BCUT2D eigenvalue weighted by Gasteiger charge is -2.31. The van der Waals surface area contributed by atoms with Crippen LogP contribution in [0.4, 0.5) is 0 Å². The number of aromatic nitrogens is 2. The number of likely N-dealkylation sites (tertiary alicyclic amines) is 1. The molecule has 2 aromatic heterocycles. The Balaban J connectivity index is 0.00000300. The molecule has 1 aliphatic heterocycles. The van der Waals surface area contributed by atoms with Gasteiger partial charge in [0.1, 0.15) is 11.5 Å². The Bertz CT molecular complexity index is 769. The van der Waals surface area contributed by atoms with E-state index in [1.165, 1.54) is 0 Å². The molecular formula is C20H33IN6O2. The number of hydrogen-bond donors (Lipinski definition) is 2. The van der Waals surface area contributed by atoms with Gasteiger partial charge in [0.05, 0.1) is 24.5 Å². The van der Waals surface area contributed by atoms with Gasteiger partial charge in [-0.15, -0.1) is 24.0 Å². The van der Waals surface area contributed by atoms with Crippen molar-refractivity contribution in [3.8, 4) is 0 Å². The van der Waals surface area contributed by atoms with E-state index >= 15 is 0 Å². The van der Waals surface area contributed by atoms with Crippen molar-refractivity contribution in [2.24, 2.45) is 10.9 Å². The summed E-state index contributed by atoms with van der Waals surface area (Å²) in [6.45, 7) is 12.2. The van der Waals surface area contributed by atoms with Crippen LogP contribution < -0.4 is 10.6 Å². The van der Waals surface area contributed by atoms with E-state index in [-0.39, 0.29) is 24.0 Å². The minimum atomic E-state index is 0. The van der Waals surface area contributed by atoms with Gasteiger partial charge in [0.25, 0.3) is 0 Å². The van der Waals surface area contributed by atoms with E-state index in [0.29, 0.717) is 18.4 Å². The van der Waals surface area contributed by atoms with Crippen LogP contribution in [0.25, 0.3) is 0 Å². The largest absolute Gasteiger partial charge is 0.444 e. The van der Waals surface area contributed by atoms with Crippen molar-refractivity contribution < 1.29 is 8.83 Å². The summed E-state index contributed by atoms with van der Waals surface area (Å²) >= 11 is 0. The van der Waals surface area contributed by atoms with Gasteiger partial charge in [0.2, 0.25) is 11.8 Å². The number of aliphatic imine (C=N–C) groups is 1. The van der Waals surface area contributed by atoms with Crippen LogP contribution in [0, 0.1) is 33.6 Å². The van der Waals surface area contributed by atoms with Gasteiger partial charge in [-0.2, -0.15) is 0 Å². The highest BCUT2D eigenvalue weighted by Gasteiger charge is 2.21. The quantitative estimate of drug-likeness (QED) is 0.347. The van der Waals surface area contributed by atoms with E-state index in [2.05, 4.69) is 30.5 Å². The summed E-state index contributed by atoms with van der Waals surface area (Å²) in [5, 5.41) is 6.69. The Hall–Kier alpha value is -1.62. The van der Waals surface area contributed by atoms with E-state index in [9.17, 15) is 0 Å². The lowest BCUT2D eigenvalue weighted by atomic mass is 9.97. The highest BCUT2D eigenvalue weighted by atomic mass is 127. The zero-order valence-electron chi connectivity index (χ0n) is 18.0. The number of nitrogens with zero attached hydrogens (tertiary/aromatic N) is 4. The van der Waals surface area contributed by atoms with Crippen molar-refractivity contribution in [2.75, 3.05) is 26.7 Å². The second-order valence-corrected chi connectivity index (χ2v) is 7.52. The molecule has 162 valence electrons. The second kappa shape index (κ2) is 11.0. The number of piperidine rings is 1. The molecule has 0 aliphatic carbocycles. The second-order valence-electron chi connectivity index (χ2n) is 7.52. The highest BCUT2D eigenvalue weighted by Crippen LogP contribution is 2.19. The maximum atomic E-state index is 5.71. The minimum Gasteiger partial charge on any atom is -0.444 e. The van der Waals surface area contributed by atoms with Crippen molar-refractivity contribution in [3.63, 3.8) is 0 Å². The number of rotatable bonds is 6. The highest BCUT2D eigenvalue weighted by molar-refractivity contribution is 14.0. The van der Waals surface area contributed by atoms with Crippen LogP contribution in [0.2, 0.25) is 0 Å². The molecule has 0 unspecified atom stereocenters. The number of halogens is 1. The molecule has 0 amide bonds. The molecule has 8 nitrogen and oxygen atoms in total. The van der Waals surface area contributed by atoms with Crippen LogP contribution in [-0.4, -0.2) is 47.5 Å². The van der Waals surface area contributed by atoms with Crippen LogP contribution in [-0.2, 0) is 13.1 Å². The summed E-state index contributed by atoms with van der Waals surface area (Å²) in [4.78, 5) is 15.6.